The van der Waals surface area contributed by atoms with Gasteiger partial charge in [-0.2, -0.15) is 0 Å². The fourth-order valence-corrected chi connectivity index (χ4v) is 3.38. The van der Waals surface area contributed by atoms with Gasteiger partial charge in [0, 0.05) is 26.7 Å². The van der Waals surface area contributed by atoms with E-state index in [1.807, 2.05) is 12.1 Å². The van der Waals surface area contributed by atoms with Crippen molar-refractivity contribution in [1.29, 1.82) is 0 Å². The fourth-order valence-electron chi connectivity index (χ4n) is 3.38. The number of epoxide rings is 3. The fraction of sp³-hybridized carbons (Fsp3) is 0.950. The maximum atomic E-state index is 12.7. The lowest BCUT2D eigenvalue weighted by Gasteiger charge is -2.32. The summed E-state index contributed by atoms with van der Waals surface area (Å²) in [5, 5.41) is 7.08. The van der Waals surface area contributed by atoms with Crippen molar-refractivity contribution in [2.45, 2.75) is 76.1 Å². The van der Waals surface area contributed by atoms with E-state index < -0.39 is 0 Å². The maximum absolute atomic E-state index is 12.7. The number of ether oxygens (including phenoxy) is 3. The molecule has 156 valence electrons. The molecule has 3 fully saturated rings. The Balaban J connectivity index is 1.31. The molecule has 0 radical (unpaired) electrons. The molecule has 0 aromatic carbocycles. The summed E-state index contributed by atoms with van der Waals surface area (Å²) in [5.74, 6) is 0. The van der Waals surface area contributed by atoms with Crippen LogP contribution in [0.5, 0.6) is 0 Å². The number of urea groups is 1. The van der Waals surface area contributed by atoms with E-state index in [2.05, 4.69) is 10.3 Å². The molecule has 7 heteroatoms. The van der Waals surface area contributed by atoms with E-state index in [4.69, 9.17) is 14.2 Å². The largest absolute Gasteiger partial charge is 0.373 e. The Hall–Kier alpha value is -0.890. The van der Waals surface area contributed by atoms with Gasteiger partial charge in [0.05, 0.1) is 38.1 Å². The third-order valence-corrected chi connectivity index (χ3v) is 5.49. The number of amides is 2. The first-order valence-corrected chi connectivity index (χ1v) is 10.8. The molecule has 0 aliphatic carbocycles. The minimum atomic E-state index is 0.0355. The average molecular weight is 384 g/mol. The number of hydrazine groups is 1. The van der Waals surface area contributed by atoms with Crippen LogP contribution in [0.3, 0.4) is 0 Å². The number of unbranched alkanes of at least 4 members (excludes halogenated alkanes) is 3. The summed E-state index contributed by atoms with van der Waals surface area (Å²) in [6, 6.07) is 0.0355. The van der Waals surface area contributed by atoms with Crippen molar-refractivity contribution >= 4 is 6.03 Å². The van der Waals surface area contributed by atoms with Gasteiger partial charge in [-0.25, -0.2) is 9.80 Å². The molecular weight excluding hydrogens is 346 g/mol. The maximum Gasteiger partial charge on any atom is 0.331 e. The molecule has 3 rings (SSSR count). The van der Waals surface area contributed by atoms with E-state index in [-0.39, 0.29) is 6.03 Å². The molecule has 0 aromatic heterocycles. The van der Waals surface area contributed by atoms with Crippen molar-refractivity contribution < 1.29 is 19.0 Å². The molecule has 27 heavy (non-hydrogen) atoms. The van der Waals surface area contributed by atoms with Gasteiger partial charge in [0.15, 0.2) is 0 Å². The number of hydrogen-bond donors (Lipinski definition) is 1. The minimum absolute atomic E-state index is 0.0355. The van der Waals surface area contributed by atoms with E-state index in [1.54, 1.807) is 0 Å². The standard InChI is InChI=1S/C20H37N3O4/c1-22(12-6-3-9-18-15-26-18)23(13-7-4-10-19-16-27-19)20(24)21-11-5-2-8-17-14-25-17/h17-19H,2-16H2,1H3,(H,21,24). The Morgan fingerprint density at radius 1 is 0.815 bits per heavy atom. The van der Waals surface area contributed by atoms with Crippen LogP contribution in [0, 0.1) is 0 Å². The van der Waals surface area contributed by atoms with Crippen molar-refractivity contribution in [3.63, 3.8) is 0 Å². The van der Waals surface area contributed by atoms with E-state index in [0.717, 1.165) is 97.2 Å². The van der Waals surface area contributed by atoms with Gasteiger partial charge < -0.3 is 19.5 Å². The second-order valence-electron chi connectivity index (χ2n) is 8.09. The molecule has 0 spiro atoms. The highest BCUT2D eigenvalue weighted by molar-refractivity contribution is 5.73. The molecule has 3 saturated heterocycles. The predicted molar refractivity (Wildman–Crippen MR) is 104 cm³/mol. The first-order chi connectivity index (χ1) is 13.2. The lowest BCUT2D eigenvalue weighted by atomic mass is 10.2. The van der Waals surface area contributed by atoms with Crippen molar-refractivity contribution in [1.82, 2.24) is 15.3 Å². The molecule has 7 nitrogen and oxygen atoms in total. The van der Waals surface area contributed by atoms with Crippen LogP contribution >= 0.6 is 0 Å². The number of nitrogens with zero attached hydrogens (tertiary/aromatic N) is 2. The van der Waals surface area contributed by atoms with Gasteiger partial charge in [-0.05, 0) is 57.8 Å². The van der Waals surface area contributed by atoms with Gasteiger partial charge >= 0.3 is 6.03 Å². The van der Waals surface area contributed by atoms with Crippen LogP contribution in [0.2, 0.25) is 0 Å². The number of nitrogens with one attached hydrogen (secondary N) is 1. The summed E-state index contributed by atoms with van der Waals surface area (Å²) >= 11 is 0. The number of rotatable bonds is 16. The Bertz CT molecular complexity index is 439. The second-order valence-corrected chi connectivity index (χ2v) is 8.09. The van der Waals surface area contributed by atoms with Crippen LogP contribution in [0.15, 0.2) is 0 Å². The molecule has 3 atom stereocenters. The van der Waals surface area contributed by atoms with Gasteiger partial charge in [-0.3, -0.25) is 5.01 Å². The van der Waals surface area contributed by atoms with Crippen LogP contribution in [0.4, 0.5) is 4.79 Å². The Kier molecular flexibility index (Phi) is 8.64. The molecule has 3 aliphatic rings. The smallest absolute Gasteiger partial charge is 0.331 e. The summed E-state index contributed by atoms with van der Waals surface area (Å²) in [6.07, 6.45) is 11.4. The number of carbonyl (C=O) groups excluding carboxylic acids is 1. The van der Waals surface area contributed by atoms with Crippen LogP contribution < -0.4 is 5.32 Å². The first kappa shape index (κ1) is 20.8. The average Bonchev–Trinajstić information content (AvgIpc) is 3.50. The van der Waals surface area contributed by atoms with E-state index in [0.29, 0.717) is 18.3 Å². The molecule has 3 unspecified atom stereocenters. The highest BCUT2D eigenvalue weighted by atomic mass is 16.6. The first-order valence-electron chi connectivity index (χ1n) is 10.8. The molecule has 1 N–H and O–H groups in total. The summed E-state index contributed by atoms with van der Waals surface area (Å²) in [7, 11) is 2.03. The Morgan fingerprint density at radius 3 is 1.81 bits per heavy atom. The van der Waals surface area contributed by atoms with Crippen LogP contribution in [-0.2, 0) is 14.2 Å². The molecule has 3 heterocycles. The van der Waals surface area contributed by atoms with Crippen molar-refractivity contribution in [3.8, 4) is 0 Å². The van der Waals surface area contributed by atoms with Gasteiger partial charge in [-0.15, -0.1) is 0 Å². The molecule has 3 aliphatic heterocycles. The van der Waals surface area contributed by atoms with Crippen molar-refractivity contribution in [3.05, 3.63) is 0 Å². The third-order valence-electron chi connectivity index (χ3n) is 5.49. The lowest BCUT2D eigenvalue weighted by Crippen LogP contribution is -2.50. The zero-order chi connectivity index (χ0) is 18.9. The number of carbonyl (C=O) groups is 1. The third kappa shape index (κ3) is 9.23. The van der Waals surface area contributed by atoms with Gasteiger partial charge in [0.25, 0.3) is 0 Å². The molecule has 0 aromatic rings. The Labute approximate surface area is 163 Å². The van der Waals surface area contributed by atoms with Crippen LogP contribution in [0.1, 0.15) is 57.8 Å². The molecule has 2 amide bonds. The summed E-state index contributed by atoms with van der Waals surface area (Å²) in [6.45, 7) is 5.19. The van der Waals surface area contributed by atoms with Gasteiger partial charge in [0.1, 0.15) is 0 Å². The molecule has 0 saturated carbocycles. The normalized spacial score (nSPS) is 25.5. The second kappa shape index (κ2) is 11.2. The SMILES string of the molecule is CN(CCCCC1CO1)N(CCCCC1CO1)C(=O)NCCCCC1CO1. The zero-order valence-corrected chi connectivity index (χ0v) is 16.9. The monoisotopic (exact) mass is 383 g/mol. The predicted octanol–water partition coefficient (Wildman–Crippen LogP) is 2.55. The van der Waals surface area contributed by atoms with Crippen molar-refractivity contribution in [2.75, 3.05) is 46.5 Å². The Morgan fingerprint density at radius 2 is 1.30 bits per heavy atom. The van der Waals surface area contributed by atoms with E-state index in [9.17, 15) is 4.79 Å². The number of hydrogen-bond acceptors (Lipinski definition) is 5. The quantitative estimate of drug-likeness (QED) is 0.252. The van der Waals surface area contributed by atoms with Crippen LogP contribution in [-0.4, -0.2) is 80.9 Å². The highest BCUT2D eigenvalue weighted by Crippen LogP contribution is 2.18. The zero-order valence-electron chi connectivity index (χ0n) is 16.9. The topological polar surface area (TPSA) is 73.2 Å². The highest BCUT2D eigenvalue weighted by Gasteiger charge is 2.24. The van der Waals surface area contributed by atoms with Gasteiger partial charge in [-0.1, -0.05) is 0 Å². The van der Waals surface area contributed by atoms with E-state index >= 15 is 0 Å². The summed E-state index contributed by atoms with van der Waals surface area (Å²) < 4.78 is 15.8. The minimum Gasteiger partial charge on any atom is -0.373 e. The van der Waals surface area contributed by atoms with Crippen molar-refractivity contribution in [2.24, 2.45) is 0 Å². The van der Waals surface area contributed by atoms with E-state index in [1.165, 1.54) is 0 Å². The summed E-state index contributed by atoms with van der Waals surface area (Å²) in [4.78, 5) is 12.7. The lowest BCUT2D eigenvalue weighted by molar-refractivity contribution is 0.0349. The summed E-state index contributed by atoms with van der Waals surface area (Å²) in [5.41, 5.74) is 0. The molecular formula is C20H37N3O4. The van der Waals surface area contributed by atoms with Gasteiger partial charge in [0.2, 0.25) is 0 Å². The van der Waals surface area contributed by atoms with Crippen LogP contribution in [0.25, 0.3) is 0 Å². The molecule has 0 bridgehead atoms.